The van der Waals surface area contributed by atoms with Gasteiger partial charge in [-0.3, -0.25) is 4.90 Å². The van der Waals surface area contributed by atoms with E-state index in [1.54, 1.807) is 0 Å². The maximum atomic E-state index is 6.12. The molecular formula is C8H14N2. The van der Waals surface area contributed by atoms with Gasteiger partial charge >= 0.3 is 0 Å². The Hall–Kier alpha value is -0.0800. The molecule has 2 aliphatic heterocycles. The van der Waals surface area contributed by atoms with Crippen molar-refractivity contribution >= 4 is 0 Å². The molecule has 3 unspecified atom stereocenters. The molecule has 3 atom stereocenters. The summed E-state index contributed by atoms with van der Waals surface area (Å²) in [4.78, 5) is 2.63. The molecule has 3 aliphatic rings. The van der Waals surface area contributed by atoms with Crippen LogP contribution in [-0.4, -0.2) is 29.6 Å². The lowest BCUT2D eigenvalue weighted by molar-refractivity contribution is 0.218. The van der Waals surface area contributed by atoms with E-state index in [9.17, 15) is 0 Å². The van der Waals surface area contributed by atoms with Gasteiger partial charge in [-0.25, -0.2) is 0 Å². The Morgan fingerprint density at radius 1 is 1.40 bits per heavy atom. The molecule has 3 rings (SSSR count). The van der Waals surface area contributed by atoms with Crippen LogP contribution in [0, 0.1) is 5.92 Å². The molecule has 2 bridgehead atoms. The third-order valence-electron chi connectivity index (χ3n) is 3.75. The van der Waals surface area contributed by atoms with Crippen molar-refractivity contribution in [2.45, 2.75) is 30.8 Å². The predicted molar refractivity (Wildman–Crippen MR) is 39.6 cm³/mol. The van der Waals surface area contributed by atoms with Gasteiger partial charge in [0.2, 0.25) is 0 Å². The molecule has 1 aliphatic carbocycles. The van der Waals surface area contributed by atoms with E-state index in [1.165, 1.54) is 32.4 Å². The number of rotatable bonds is 0. The van der Waals surface area contributed by atoms with Crippen molar-refractivity contribution in [2.24, 2.45) is 11.7 Å². The Bertz CT molecular complexity index is 170. The highest BCUT2D eigenvalue weighted by Gasteiger charge is 2.61. The van der Waals surface area contributed by atoms with Crippen LogP contribution < -0.4 is 5.73 Å². The maximum absolute atomic E-state index is 6.12. The zero-order valence-electron chi connectivity index (χ0n) is 6.21. The van der Waals surface area contributed by atoms with Crippen LogP contribution in [0.4, 0.5) is 0 Å². The topological polar surface area (TPSA) is 29.3 Å². The molecule has 2 heterocycles. The van der Waals surface area contributed by atoms with Crippen molar-refractivity contribution < 1.29 is 0 Å². The van der Waals surface area contributed by atoms with Gasteiger partial charge in [-0.15, -0.1) is 0 Å². The summed E-state index contributed by atoms with van der Waals surface area (Å²) in [5.74, 6) is 0.850. The van der Waals surface area contributed by atoms with Crippen molar-refractivity contribution in [1.29, 1.82) is 0 Å². The van der Waals surface area contributed by atoms with E-state index < -0.39 is 0 Å². The lowest BCUT2D eigenvalue weighted by Gasteiger charge is -2.29. The fraction of sp³-hybridized carbons (Fsp3) is 1.00. The average Bonchev–Trinajstić information content (AvgIpc) is 2.51. The summed E-state index contributed by atoms with van der Waals surface area (Å²) in [6, 6.07) is 0.529. The number of hydrogen-bond donors (Lipinski definition) is 1. The van der Waals surface area contributed by atoms with Gasteiger partial charge < -0.3 is 5.73 Å². The summed E-state index contributed by atoms with van der Waals surface area (Å²) < 4.78 is 0. The summed E-state index contributed by atoms with van der Waals surface area (Å²) in [6.45, 7) is 2.64. The second-order valence-electron chi connectivity index (χ2n) is 4.12. The fourth-order valence-electron chi connectivity index (χ4n) is 2.91. The SMILES string of the molecule is NC1C2CCN(C2)C12CC2. The minimum absolute atomic E-state index is 0.529. The number of fused-ring (bicyclic) bond motifs is 3. The lowest BCUT2D eigenvalue weighted by Crippen LogP contribution is -2.46. The van der Waals surface area contributed by atoms with E-state index in [0.29, 0.717) is 11.6 Å². The average molecular weight is 138 g/mol. The Kier molecular flexibility index (Phi) is 0.783. The quantitative estimate of drug-likeness (QED) is 0.517. The third kappa shape index (κ3) is 0.424. The zero-order valence-corrected chi connectivity index (χ0v) is 6.21. The van der Waals surface area contributed by atoms with Gasteiger partial charge in [0.1, 0.15) is 0 Å². The van der Waals surface area contributed by atoms with Crippen LogP contribution in [-0.2, 0) is 0 Å². The van der Waals surface area contributed by atoms with Crippen molar-refractivity contribution in [2.75, 3.05) is 13.1 Å². The first kappa shape index (κ1) is 5.56. The Labute approximate surface area is 61.4 Å². The molecule has 10 heavy (non-hydrogen) atoms. The first-order valence-corrected chi connectivity index (χ1v) is 4.34. The molecule has 1 spiro atoms. The van der Waals surface area contributed by atoms with E-state index in [4.69, 9.17) is 5.73 Å². The monoisotopic (exact) mass is 138 g/mol. The first-order chi connectivity index (χ1) is 4.83. The standard InChI is InChI=1S/C8H14N2/c9-7-6-1-4-10(5-6)8(7)2-3-8/h6-7H,1-5,9H2. The van der Waals surface area contributed by atoms with Crippen molar-refractivity contribution in [1.82, 2.24) is 4.90 Å². The molecular weight excluding hydrogens is 124 g/mol. The minimum atomic E-state index is 0.529. The molecule has 1 saturated carbocycles. The van der Waals surface area contributed by atoms with Gasteiger partial charge in [0.15, 0.2) is 0 Å². The van der Waals surface area contributed by atoms with E-state index in [1.807, 2.05) is 0 Å². The fourth-order valence-corrected chi connectivity index (χ4v) is 2.91. The molecule has 3 fully saturated rings. The molecule has 0 amide bonds. The molecule has 0 aromatic rings. The molecule has 0 radical (unpaired) electrons. The number of hydrogen-bond acceptors (Lipinski definition) is 2. The number of piperidine rings is 1. The Balaban J connectivity index is 1.99. The van der Waals surface area contributed by atoms with Crippen LogP contribution in [0.3, 0.4) is 0 Å². The van der Waals surface area contributed by atoms with Crippen LogP contribution in [0.25, 0.3) is 0 Å². The molecule has 2 N–H and O–H groups in total. The van der Waals surface area contributed by atoms with Gasteiger partial charge in [0, 0.05) is 18.1 Å². The van der Waals surface area contributed by atoms with Crippen LogP contribution in [0.1, 0.15) is 19.3 Å². The molecule has 2 saturated heterocycles. The highest BCUT2D eigenvalue weighted by atomic mass is 15.3. The van der Waals surface area contributed by atoms with Crippen LogP contribution >= 0.6 is 0 Å². The van der Waals surface area contributed by atoms with Gasteiger partial charge in [-0.05, 0) is 31.7 Å². The number of nitrogens with zero attached hydrogens (tertiary/aromatic N) is 1. The van der Waals surface area contributed by atoms with E-state index >= 15 is 0 Å². The summed E-state index contributed by atoms with van der Waals surface area (Å²) in [5, 5.41) is 0. The highest BCUT2D eigenvalue weighted by Crippen LogP contribution is 2.54. The summed E-state index contributed by atoms with van der Waals surface area (Å²) in [5.41, 5.74) is 6.65. The molecule has 2 heteroatoms. The second-order valence-corrected chi connectivity index (χ2v) is 4.12. The lowest BCUT2D eigenvalue weighted by atomic mass is 9.93. The molecule has 0 aromatic carbocycles. The van der Waals surface area contributed by atoms with Crippen LogP contribution in [0.2, 0.25) is 0 Å². The smallest absolute Gasteiger partial charge is 0.0365 e. The van der Waals surface area contributed by atoms with Gasteiger partial charge in [0.25, 0.3) is 0 Å². The Morgan fingerprint density at radius 3 is 2.60 bits per heavy atom. The largest absolute Gasteiger partial charge is 0.326 e. The number of nitrogens with two attached hydrogens (primary N) is 1. The first-order valence-electron chi connectivity index (χ1n) is 4.34. The molecule has 0 aromatic heterocycles. The van der Waals surface area contributed by atoms with Crippen molar-refractivity contribution in [3.05, 3.63) is 0 Å². The zero-order chi connectivity index (χ0) is 6.77. The van der Waals surface area contributed by atoms with Crippen molar-refractivity contribution in [3.63, 3.8) is 0 Å². The molecule has 56 valence electrons. The summed E-state index contributed by atoms with van der Waals surface area (Å²) in [7, 11) is 0. The predicted octanol–water partition coefficient (Wildman–Crippen LogP) is 0.182. The molecule has 2 nitrogen and oxygen atoms in total. The van der Waals surface area contributed by atoms with Gasteiger partial charge in [-0.1, -0.05) is 0 Å². The summed E-state index contributed by atoms with van der Waals surface area (Å²) in [6.07, 6.45) is 4.12. The van der Waals surface area contributed by atoms with Crippen molar-refractivity contribution in [3.8, 4) is 0 Å². The van der Waals surface area contributed by atoms with Crippen LogP contribution in [0.5, 0.6) is 0 Å². The van der Waals surface area contributed by atoms with Gasteiger partial charge in [0.05, 0.1) is 0 Å². The van der Waals surface area contributed by atoms with E-state index in [-0.39, 0.29) is 0 Å². The van der Waals surface area contributed by atoms with Crippen LogP contribution in [0.15, 0.2) is 0 Å². The Morgan fingerprint density at radius 2 is 2.20 bits per heavy atom. The minimum Gasteiger partial charge on any atom is -0.326 e. The van der Waals surface area contributed by atoms with E-state index in [2.05, 4.69) is 4.90 Å². The van der Waals surface area contributed by atoms with Gasteiger partial charge in [-0.2, -0.15) is 0 Å². The van der Waals surface area contributed by atoms with E-state index in [0.717, 1.165) is 5.92 Å². The third-order valence-corrected chi connectivity index (χ3v) is 3.75. The maximum Gasteiger partial charge on any atom is 0.0365 e. The summed E-state index contributed by atoms with van der Waals surface area (Å²) >= 11 is 0. The highest BCUT2D eigenvalue weighted by molar-refractivity contribution is 5.19. The second kappa shape index (κ2) is 1.41. The normalized spacial score (nSPS) is 54.3.